The molecule has 0 bridgehead atoms. The zero-order valence-electron chi connectivity index (χ0n) is 12.4. The molecule has 1 aromatic carbocycles. The minimum Gasteiger partial charge on any atom is -0.489 e. The van der Waals surface area contributed by atoms with E-state index in [9.17, 15) is 9.59 Å². The highest BCUT2D eigenvalue weighted by Gasteiger charge is 2.11. The zero-order chi connectivity index (χ0) is 16.1. The molecular weight excluding hydrogens is 284 g/mol. The average Bonchev–Trinajstić information content (AvgIpc) is 2.47. The van der Waals surface area contributed by atoms with E-state index in [0.717, 1.165) is 0 Å². The van der Waals surface area contributed by atoms with Gasteiger partial charge in [0, 0.05) is 18.3 Å². The molecule has 2 aromatic rings. The number of aromatic nitrogens is 1. The Morgan fingerprint density at radius 2 is 2.14 bits per heavy atom. The molecule has 116 valence electrons. The van der Waals surface area contributed by atoms with Gasteiger partial charge in [0.15, 0.2) is 0 Å². The summed E-state index contributed by atoms with van der Waals surface area (Å²) in [7, 11) is 0. The van der Waals surface area contributed by atoms with Crippen LogP contribution in [0.5, 0.6) is 5.75 Å². The van der Waals surface area contributed by atoms with Crippen LogP contribution in [-0.4, -0.2) is 22.2 Å². The fraction of sp³-hybridized carbons (Fsp3) is 0.250. The van der Waals surface area contributed by atoms with Crippen LogP contribution in [0, 0.1) is 0 Å². The van der Waals surface area contributed by atoms with Crippen molar-refractivity contribution in [2.24, 2.45) is 0 Å². The monoisotopic (exact) mass is 302 g/mol. The van der Waals surface area contributed by atoms with Crippen LogP contribution in [-0.2, 0) is 6.54 Å². The maximum absolute atomic E-state index is 11.7. The van der Waals surface area contributed by atoms with Gasteiger partial charge in [-0.3, -0.25) is 4.79 Å². The van der Waals surface area contributed by atoms with Gasteiger partial charge in [0.1, 0.15) is 5.75 Å². The van der Waals surface area contributed by atoms with Crippen molar-refractivity contribution in [2.75, 3.05) is 5.32 Å². The van der Waals surface area contributed by atoms with Crippen molar-refractivity contribution in [1.82, 2.24) is 4.98 Å². The molecule has 0 radical (unpaired) electrons. The quantitative estimate of drug-likeness (QED) is 0.762. The number of carbonyl (C=O) groups is 1. The van der Waals surface area contributed by atoms with E-state index in [1.165, 1.54) is 12.1 Å². The molecule has 0 fully saturated rings. The van der Waals surface area contributed by atoms with E-state index in [2.05, 4.69) is 10.3 Å². The molecule has 0 spiro atoms. The summed E-state index contributed by atoms with van der Waals surface area (Å²) in [6, 6.07) is 8.03. The number of carboxylic acid groups (broad SMARTS) is 1. The van der Waals surface area contributed by atoms with Crippen molar-refractivity contribution < 1.29 is 14.6 Å². The van der Waals surface area contributed by atoms with Gasteiger partial charge in [0.2, 0.25) is 0 Å². The fourth-order valence-electron chi connectivity index (χ4n) is 1.94. The molecule has 0 aliphatic carbocycles. The molecular formula is C16H18N2O4. The molecule has 0 amide bonds. The van der Waals surface area contributed by atoms with E-state index in [0.29, 0.717) is 17.0 Å². The van der Waals surface area contributed by atoms with Gasteiger partial charge < -0.3 is 20.1 Å². The van der Waals surface area contributed by atoms with Crippen LogP contribution in [0.1, 0.15) is 29.8 Å². The van der Waals surface area contributed by atoms with Crippen molar-refractivity contribution in [2.45, 2.75) is 26.5 Å². The second-order valence-electron chi connectivity index (χ2n) is 5.06. The predicted octanol–water partition coefficient (Wildman–Crippen LogP) is 2.47. The lowest BCUT2D eigenvalue weighted by atomic mass is 10.1. The van der Waals surface area contributed by atoms with E-state index < -0.39 is 5.97 Å². The zero-order valence-corrected chi connectivity index (χ0v) is 12.4. The second-order valence-corrected chi connectivity index (χ2v) is 5.06. The summed E-state index contributed by atoms with van der Waals surface area (Å²) in [4.78, 5) is 25.3. The third kappa shape index (κ3) is 3.88. The SMILES string of the molecule is CC(C)Oc1ccc(C(=O)O)cc1NCc1ccc[nH]c1=O. The van der Waals surface area contributed by atoms with Gasteiger partial charge in [-0.05, 0) is 38.1 Å². The lowest BCUT2D eigenvalue weighted by Gasteiger charge is -2.16. The molecule has 0 unspecified atom stereocenters. The van der Waals surface area contributed by atoms with Crippen LogP contribution in [0.25, 0.3) is 0 Å². The fourth-order valence-corrected chi connectivity index (χ4v) is 1.94. The topological polar surface area (TPSA) is 91.4 Å². The Kier molecular flexibility index (Phi) is 4.83. The summed E-state index contributed by atoms with van der Waals surface area (Å²) < 4.78 is 5.66. The van der Waals surface area contributed by atoms with Gasteiger partial charge >= 0.3 is 5.97 Å². The van der Waals surface area contributed by atoms with Crippen LogP contribution in [0.4, 0.5) is 5.69 Å². The first-order valence-corrected chi connectivity index (χ1v) is 6.92. The summed E-state index contributed by atoms with van der Waals surface area (Å²) in [5, 5.41) is 12.2. The van der Waals surface area contributed by atoms with E-state index in [1.807, 2.05) is 13.8 Å². The molecule has 6 nitrogen and oxygen atoms in total. The number of nitrogens with one attached hydrogen (secondary N) is 2. The predicted molar refractivity (Wildman–Crippen MR) is 83.6 cm³/mol. The molecule has 3 N–H and O–H groups in total. The maximum atomic E-state index is 11.7. The average molecular weight is 302 g/mol. The van der Waals surface area contributed by atoms with Crippen LogP contribution in [0.3, 0.4) is 0 Å². The number of pyridine rings is 1. The molecule has 0 aliphatic heterocycles. The molecule has 2 rings (SSSR count). The highest BCUT2D eigenvalue weighted by atomic mass is 16.5. The summed E-state index contributed by atoms with van der Waals surface area (Å²) >= 11 is 0. The summed E-state index contributed by atoms with van der Waals surface area (Å²) in [5.41, 5.74) is 1.06. The number of aromatic amines is 1. The molecule has 1 heterocycles. The van der Waals surface area contributed by atoms with E-state index in [-0.39, 0.29) is 23.8 Å². The Hall–Kier alpha value is -2.76. The highest BCUT2D eigenvalue weighted by molar-refractivity contribution is 5.89. The third-order valence-electron chi connectivity index (χ3n) is 2.96. The maximum Gasteiger partial charge on any atom is 0.335 e. The van der Waals surface area contributed by atoms with Gasteiger partial charge in [-0.2, -0.15) is 0 Å². The Morgan fingerprint density at radius 3 is 2.77 bits per heavy atom. The number of carboxylic acids is 1. The number of hydrogen-bond donors (Lipinski definition) is 3. The van der Waals surface area contributed by atoms with Crippen molar-refractivity contribution in [3.8, 4) is 5.75 Å². The summed E-state index contributed by atoms with van der Waals surface area (Å²) in [6.45, 7) is 4.04. The van der Waals surface area contributed by atoms with Crippen molar-refractivity contribution in [3.05, 3.63) is 58.0 Å². The Bertz CT molecular complexity index is 722. The Labute approximate surface area is 127 Å². The molecule has 0 aliphatic rings. The standard InChI is InChI=1S/C16H18N2O4/c1-10(2)22-14-6-5-11(16(20)21)8-13(14)18-9-12-4-3-7-17-15(12)19/h3-8,10,18H,9H2,1-2H3,(H,17,19)(H,20,21). The number of aromatic carboxylic acids is 1. The van der Waals surface area contributed by atoms with Gasteiger partial charge in [-0.1, -0.05) is 6.07 Å². The summed E-state index contributed by atoms with van der Waals surface area (Å²) in [5.74, 6) is -0.468. The van der Waals surface area contributed by atoms with Crippen LogP contribution >= 0.6 is 0 Å². The Morgan fingerprint density at radius 1 is 1.36 bits per heavy atom. The molecule has 0 atom stereocenters. The summed E-state index contributed by atoms with van der Waals surface area (Å²) in [6.07, 6.45) is 1.51. The van der Waals surface area contributed by atoms with Gasteiger partial charge in [-0.15, -0.1) is 0 Å². The van der Waals surface area contributed by atoms with Crippen molar-refractivity contribution in [3.63, 3.8) is 0 Å². The molecule has 0 saturated carbocycles. The lowest BCUT2D eigenvalue weighted by Crippen LogP contribution is -2.15. The first-order chi connectivity index (χ1) is 10.5. The Balaban J connectivity index is 2.26. The largest absolute Gasteiger partial charge is 0.489 e. The second kappa shape index (κ2) is 6.80. The lowest BCUT2D eigenvalue weighted by molar-refractivity contribution is 0.0697. The van der Waals surface area contributed by atoms with Crippen molar-refractivity contribution in [1.29, 1.82) is 0 Å². The van der Waals surface area contributed by atoms with Gasteiger partial charge in [-0.25, -0.2) is 4.79 Å². The molecule has 1 aromatic heterocycles. The van der Waals surface area contributed by atoms with Gasteiger partial charge in [0.05, 0.1) is 17.4 Å². The van der Waals surface area contributed by atoms with Crippen LogP contribution in [0.15, 0.2) is 41.3 Å². The van der Waals surface area contributed by atoms with E-state index in [4.69, 9.17) is 9.84 Å². The molecule has 22 heavy (non-hydrogen) atoms. The number of hydrogen-bond acceptors (Lipinski definition) is 4. The minimum absolute atomic E-state index is 0.0450. The van der Waals surface area contributed by atoms with Crippen LogP contribution in [0.2, 0.25) is 0 Å². The molecule has 6 heteroatoms. The number of benzene rings is 1. The van der Waals surface area contributed by atoms with E-state index in [1.54, 1.807) is 24.4 Å². The van der Waals surface area contributed by atoms with E-state index >= 15 is 0 Å². The highest BCUT2D eigenvalue weighted by Crippen LogP contribution is 2.27. The number of ether oxygens (including phenoxy) is 1. The molecule has 0 saturated heterocycles. The first-order valence-electron chi connectivity index (χ1n) is 6.92. The third-order valence-corrected chi connectivity index (χ3v) is 2.96. The minimum atomic E-state index is -1.02. The first kappa shape index (κ1) is 15.6. The van der Waals surface area contributed by atoms with Crippen molar-refractivity contribution >= 4 is 11.7 Å². The smallest absolute Gasteiger partial charge is 0.335 e. The number of anilines is 1. The van der Waals surface area contributed by atoms with Crippen LogP contribution < -0.4 is 15.6 Å². The number of rotatable bonds is 6. The van der Waals surface area contributed by atoms with Gasteiger partial charge in [0.25, 0.3) is 5.56 Å². The normalized spacial score (nSPS) is 10.5. The number of H-pyrrole nitrogens is 1.